The molecule has 0 spiro atoms. The zero-order chi connectivity index (χ0) is 49.7. The number of halogens is 2. The van der Waals surface area contributed by atoms with Crippen molar-refractivity contribution in [3.8, 4) is 0 Å². The number of cyclic esters (lactones) is 1. The van der Waals surface area contributed by atoms with E-state index in [1.54, 1.807) is 85.9 Å². The molecule has 3 aliphatic heterocycles. The minimum absolute atomic E-state index is 0.132. The Bertz CT molecular complexity index is 1700. The van der Waals surface area contributed by atoms with Gasteiger partial charge in [0, 0.05) is 38.0 Å². The maximum atomic E-state index is 13.3. The van der Waals surface area contributed by atoms with Gasteiger partial charge in [0.15, 0.2) is 12.1 Å². The Morgan fingerprint density at radius 2 is 1.34 bits per heavy atom. The molecule has 0 aromatic heterocycles. The number of nitrogens with one attached hydrogen (secondary N) is 1. The minimum Gasteiger partial charge on any atom is -0.462 e. The lowest BCUT2D eigenvalue weighted by molar-refractivity contribution is -0.304. The molecule has 6 unspecified atom stereocenters. The lowest BCUT2D eigenvalue weighted by Gasteiger charge is -2.45. The fourth-order valence-corrected chi connectivity index (χ4v) is 7.81. The van der Waals surface area contributed by atoms with Crippen molar-refractivity contribution in [1.29, 1.82) is 0 Å². The van der Waals surface area contributed by atoms with E-state index < -0.39 is 148 Å². The molecular weight excluding hydrogens is 887 g/mol. The van der Waals surface area contributed by atoms with Crippen LogP contribution in [0.4, 0.5) is 8.78 Å². The summed E-state index contributed by atoms with van der Waals surface area (Å²) in [6, 6.07) is -1.17. The first-order chi connectivity index (χ1) is 31.7. The largest absolute Gasteiger partial charge is 0.462 e. The Kier molecular flexibility index (Phi) is 25.4. The Labute approximate surface area is 390 Å². The van der Waals surface area contributed by atoms with E-state index in [1.807, 2.05) is 6.92 Å². The van der Waals surface area contributed by atoms with Gasteiger partial charge in [0.05, 0.1) is 92.6 Å². The summed E-state index contributed by atoms with van der Waals surface area (Å²) < 4.78 is 49.2. The number of allylic oxidation sites excluding steroid dienone is 12. The number of aliphatic hydroxyl groups excluding tert-OH is 9. The predicted octanol–water partition coefficient (Wildman–Crippen LogP) is 0.374. The number of alkyl halides is 2. The van der Waals surface area contributed by atoms with Gasteiger partial charge in [-0.1, -0.05) is 92.0 Å². The van der Waals surface area contributed by atoms with Crippen molar-refractivity contribution in [3.05, 3.63) is 85.1 Å². The first kappa shape index (κ1) is 57.7. The van der Waals surface area contributed by atoms with Crippen molar-refractivity contribution >= 4 is 11.9 Å². The number of fused-ring (bicyclic) bond motifs is 2. The van der Waals surface area contributed by atoms with Crippen molar-refractivity contribution in [3.63, 3.8) is 0 Å². The number of hydrogen-bond acceptors (Lipinski definition) is 17. The third-order valence-corrected chi connectivity index (χ3v) is 11.5. The van der Waals surface area contributed by atoms with Crippen LogP contribution in [0.25, 0.3) is 0 Å². The fraction of sp³-hybridized carbons (Fsp3) is 0.660. The summed E-state index contributed by atoms with van der Waals surface area (Å²) in [5.74, 6) is -6.02. The second-order valence-electron chi connectivity index (χ2n) is 17.5. The molecular formula is C47H72F2N2O16. The van der Waals surface area contributed by atoms with Crippen molar-refractivity contribution in [2.75, 3.05) is 13.2 Å². The Morgan fingerprint density at radius 1 is 0.746 bits per heavy atom. The topological polar surface area (TPSA) is 311 Å². The van der Waals surface area contributed by atoms with Gasteiger partial charge in [0.2, 0.25) is 5.91 Å². The SMILES string of the molecule is C[C@H]1C[C@H](O)[C@@H](C)/C=C/C=C/C=C/C=C/C=C/C=C/C=C/[C@H](O[C@@H]2OC[C@@H](O)[C@H](N)[C@H]2O)C[C@@H]2O[C@](O)(CC(O)CC(O)C(O)CCC(O)CC(O)CC(=O)O1)C[C@H](O)C2C(=O)NCC(F)F. The van der Waals surface area contributed by atoms with Crippen molar-refractivity contribution in [1.82, 2.24) is 5.32 Å². The molecule has 1 amide bonds. The molecule has 380 valence electrons. The second kappa shape index (κ2) is 29.4. The van der Waals surface area contributed by atoms with Crippen LogP contribution in [0, 0.1) is 11.8 Å². The number of hydrogen-bond donors (Lipinski definition) is 12. The van der Waals surface area contributed by atoms with Gasteiger partial charge in [-0.05, 0) is 26.2 Å². The molecule has 3 rings (SSSR count). The van der Waals surface area contributed by atoms with Crippen LogP contribution in [0.1, 0.15) is 71.6 Å². The molecule has 18 nitrogen and oxygen atoms in total. The molecule has 3 aliphatic rings. The van der Waals surface area contributed by atoms with Crippen LogP contribution in [0.2, 0.25) is 0 Å². The van der Waals surface area contributed by atoms with Crippen molar-refractivity contribution < 1.29 is 88.4 Å². The van der Waals surface area contributed by atoms with Gasteiger partial charge in [-0.25, -0.2) is 8.78 Å². The average Bonchev–Trinajstić information content (AvgIpc) is 3.23. The van der Waals surface area contributed by atoms with Gasteiger partial charge < -0.3 is 81.1 Å². The van der Waals surface area contributed by atoms with Crippen LogP contribution in [0.3, 0.4) is 0 Å². The van der Waals surface area contributed by atoms with Crippen LogP contribution in [-0.4, -0.2) is 174 Å². The van der Waals surface area contributed by atoms with E-state index in [0.29, 0.717) is 0 Å². The van der Waals surface area contributed by atoms with Crippen LogP contribution < -0.4 is 11.1 Å². The molecule has 2 bridgehead atoms. The van der Waals surface area contributed by atoms with E-state index in [9.17, 15) is 69.4 Å². The number of esters is 1. The summed E-state index contributed by atoms with van der Waals surface area (Å²) in [7, 11) is 0. The smallest absolute Gasteiger partial charge is 0.308 e. The highest BCUT2D eigenvalue weighted by molar-refractivity contribution is 5.80. The monoisotopic (exact) mass is 958 g/mol. The van der Waals surface area contributed by atoms with Crippen LogP contribution in [-0.2, 0) is 28.5 Å². The van der Waals surface area contributed by atoms with Gasteiger partial charge in [-0.15, -0.1) is 0 Å². The van der Waals surface area contributed by atoms with Crippen LogP contribution >= 0.6 is 0 Å². The molecule has 67 heavy (non-hydrogen) atoms. The molecule has 0 aromatic carbocycles. The lowest BCUT2D eigenvalue weighted by atomic mass is 9.82. The first-order valence-corrected chi connectivity index (χ1v) is 22.7. The van der Waals surface area contributed by atoms with E-state index in [0.717, 1.165) is 0 Å². The molecule has 3 heterocycles. The molecule has 2 saturated heterocycles. The highest BCUT2D eigenvalue weighted by Crippen LogP contribution is 2.38. The fourth-order valence-electron chi connectivity index (χ4n) is 7.81. The highest BCUT2D eigenvalue weighted by atomic mass is 19.3. The number of carbonyl (C=O) groups is 2. The molecule has 0 saturated carbocycles. The maximum Gasteiger partial charge on any atom is 0.308 e. The van der Waals surface area contributed by atoms with Gasteiger partial charge in [0.1, 0.15) is 12.2 Å². The van der Waals surface area contributed by atoms with Gasteiger partial charge in [0.25, 0.3) is 6.43 Å². The van der Waals surface area contributed by atoms with Crippen LogP contribution in [0.5, 0.6) is 0 Å². The number of carbonyl (C=O) groups excluding carboxylic acids is 2. The van der Waals surface area contributed by atoms with E-state index in [-0.39, 0.29) is 44.6 Å². The summed E-state index contributed by atoms with van der Waals surface area (Å²) in [4.78, 5) is 25.8. The maximum absolute atomic E-state index is 13.3. The zero-order valence-corrected chi connectivity index (χ0v) is 37.9. The molecule has 0 radical (unpaired) electrons. The molecule has 13 N–H and O–H groups in total. The van der Waals surface area contributed by atoms with Gasteiger partial charge in [-0.2, -0.15) is 0 Å². The minimum atomic E-state index is -2.94. The number of rotatable bonds is 5. The van der Waals surface area contributed by atoms with E-state index >= 15 is 0 Å². The summed E-state index contributed by atoms with van der Waals surface area (Å²) in [5, 5.41) is 110. The Hall–Kier alpha value is -3.58. The van der Waals surface area contributed by atoms with Crippen molar-refractivity contribution in [2.24, 2.45) is 17.6 Å². The highest BCUT2D eigenvalue weighted by Gasteiger charge is 2.50. The van der Waals surface area contributed by atoms with E-state index in [4.69, 9.17) is 24.7 Å². The average molecular weight is 959 g/mol. The number of aliphatic hydroxyl groups is 10. The number of amides is 1. The standard InChI is InChI=1S/C47H72F2N2O16/c1-28-15-13-11-9-7-5-3-4-6-8-10-12-14-16-33(66-46-44(61)43(50)38(59)27-64-46)23-39-42(45(62)51-26-40(48)49)37(58)25-47(63,67-39)24-32(54)21-36(57)34(55)18-17-30(52)20-31(53)22-41(60)65-29(2)19-35(28)56/h3-16,28-40,42-44,46,52-59,61,63H,17-27,50H2,1-2H3,(H,51,62)/b4-3+,7-5+,8-6+,11-9+,12-10+,15-13+,16-14+/t28-,29-,30?,31?,32?,33-,34?,35-,36?,37-,38+,39-,42?,43-,44+,46-,47+/m0/s1. The third kappa shape index (κ3) is 21.3. The quantitative estimate of drug-likeness (QED) is 0.166. The number of nitrogens with two attached hydrogens (primary N) is 1. The molecule has 0 aliphatic carbocycles. The summed E-state index contributed by atoms with van der Waals surface area (Å²) in [5.41, 5.74) is 5.94. The van der Waals surface area contributed by atoms with Crippen LogP contribution in [0.15, 0.2) is 85.1 Å². The van der Waals surface area contributed by atoms with Gasteiger partial charge in [-0.3, -0.25) is 9.59 Å². The normalized spacial score (nSPS) is 42.3. The lowest BCUT2D eigenvalue weighted by Crippen LogP contribution is -2.59. The van der Waals surface area contributed by atoms with E-state index in [2.05, 4.69) is 5.32 Å². The molecule has 0 aromatic rings. The number of ether oxygens (including phenoxy) is 4. The molecule has 2 fully saturated rings. The predicted molar refractivity (Wildman–Crippen MR) is 239 cm³/mol. The second-order valence-corrected chi connectivity index (χ2v) is 17.5. The first-order valence-electron chi connectivity index (χ1n) is 22.7. The molecule has 20 heteroatoms. The van der Waals surface area contributed by atoms with E-state index in [1.165, 1.54) is 6.08 Å². The summed E-state index contributed by atoms with van der Waals surface area (Å²) in [6.07, 6.45) is 0.492. The summed E-state index contributed by atoms with van der Waals surface area (Å²) >= 11 is 0. The van der Waals surface area contributed by atoms with Crippen molar-refractivity contribution in [2.45, 2.75) is 169 Å². The Morgan fingerprint density at radius 3 is 1.96 bits per heavy atom. The Balaban J connectivity index is 1.89. The zero-order valence-electron chi connectivity index (χ0n) is 37.9. The summed E-state index contributed by atoms with van der Waals surface area (Å²) in [6.45, 7) is 2.05. The third-order valence-electron chi connectivity index (χ3n) is 11.5. The molecule has 17 atom stereocenters. The van der Waals surface area contributed by atoms with Gasteiger partial charge >= 0.3 is 5.97 Å².